The molecule has 0 aromatic heterocycles. The van der Waals surface area contributed by atoms with Gasteiger partial charge >= 0.3 is 0 Å². The zero-order valence-electron chi connectivity index (χ0n) is 10.6. The molecule has 2 aromatic carbocycles. The van der Waals surface area contributed by atoms with Crippen LogP contribution in [0.2, 0.25) is 0 Å². The van der Waals surface area contributed by atoms with Gasteiger partial charge in [0.2, 0.25) is 0 Å². The summed E-state index contributed by atoms with van der Waals surface area (Å²) in [6, 6.07) is 16.5. The average molecular weight is 241 g/mol. The van der Waals surface area contributed by atoms with E-state index in [1.165, 1.54) is 16.7 Å². The lowest BCUT2D eigenvalue weighted by Gasteiger charge is -2.12. The molecule has 0 aliphatic rings. The molecule has 0 heterocycles. The van der Waals surface area contributed by atoms with Gasteiger partial charge < -0.3 is 10.8 Å². The zero-order chi connectivity index (χ0) is 13.0. The van der Waals surface area contributed by atoms with E-state index in [1.54, 1.807) is 0 Å². The maximum Gasteiger partial charge on any atom is 0.0449 e. The molecule has 0 bridgehead atoms. The van der Waals surface area contributed by atoms with Gasteiger partial charge in [-0.15, -0.1) is 0 Å². The lowest BCUT2D eigenvalue weighted by molar-refractivity contribution is 0.276. The Bertz CT molecular complexity index is 522. The van der Waals surface area contributed by atoms with E-state index in [0.717, 1.165) is 5.56 Å². The second-order valence-corrected chi connectivity index (χ2v) is 4.61. The summed E-state index contributed by atoms with van der Waals surface area (Å²) in [5.41, 5.74) is 10.7. The van der Waals surface area contributed by atoms with Crippen LogP contribution in [-0.2, 0) is 0 Å². The molecule has 0 radical (unpaired) electrons. The highest BCUT2D eigenvalue weighted by Gasteiger charge is 2.06. The molecule has 2 nitrogen and oxygen atoms in total. The largest absolute Gasteiger partial charge is 0.396 e. The molecule has 0 aliphatic carbocycles. The third-order valence-electron chi connectivity index (χ3n) is 3.11. The van der Waals surface area contributed by atoms with Crippen LogP contribution in [0, 0.1) is 6.92 Å². The molecule has 1 atom stereocenters. The second-order valence-electron chi connectivity index (χ2n) is 4.61. The minimum Gasteiger partial charge on any atom is -0.396 e. The zero-order valence-corrected chi connectivity index (χ0v) is 10.6. The van der Waals surface area contributed by atoms with E-state index in [0.29, 0.717) is 6.42 Å². The molecule has 0 aliphatic heterocycles. The van der Waals surface area contributed by atoms with Gasteiger partial charge in [0, 0.05) is 12.6 Å². The maximum atomic E-state index is 8.94. The molecule has 94 valence electrons. The van der Waals surface area contributed by atoms with Crippen LogP contribution in [0.4, 0.5) is 0 Å². The fraction of sp³-hybridized carbons (Fsp3) is 0.250. The van der Waals surface area contributed by atoms with Gasteiger partial charge in [-0.05, 0) is 36.1 Å². The lowest BCUT2D eigenvalue weighted by atomic mass is 9.98. The Morgan fingerprint density at radius 3 is 2.39 bits per heavy atom. The van der Waals surface area contributed by atoms with Crippen LogP contribution in [0.3, 0.4) is 0 Å². The molecule has 0 amide bonds. The molecule has 0 spiro atoms. The summed E-state index contributed by atoms with van der Waals surface area (Å²) >= 11 is 0. The van der Waals surface area contributed by atoms with E-state index in [2.05, 4.69) is 43.3 Å². The van der Waals surface area contributed by atoms with Crippen molar-refractivity contribution in [2.24, 2.45) is 5.73 Å². The first-order valence-corrected chi connectivity index (χ1v) is 6.24. The van der Waals surface area contributed by atoms with E-state index in [1.807, 2.05) is 12.1 Å². The van der Waals surface area contributed by atoms with Gasteiger partial charge in [-0.25, -0.2) is 0 Å². The molecule has 0 saturated carbocycles. The Kier molecular flexibility index (Phi) is 4.13. The normalized spacial score (nSPS) is 12.4. The van der Waals surface area contributed by atoms with Gasteiger partial charge in [0.05, 0.1) is 0 Å². The van der Waals surface area contributed by atoms with Crippen molar-refractivity contribution in [3.05, 3.63) is 59.7 Å². The Morgan fingerprint density at radius 2 is 1.72 bits per heavy atom. The van der Waals surface area contributed by atoms with Crippen molar-refractivity contribution in [3.63, 3.8) is 0 Å². The highest BCUT2D eigenvalue weighted by Crippen LogP contribution is 2.24. The van der Waals surface area contributed by atoms with Crippen molar-refractivity contribution < 1.29 is 5.11 Å². The number of aliphatic hydroxyl groups excluding tert-OH is 1. The number of aryl methyl sites for hydroxylation is 1. The fourth-order valence-corrected chi connectivity index (χ4v) is 2.08. The first kappa shape index (κ1) is 12.8. The Morgan fingerprint density at radius 1 is 1.06 bits per heavy atom. The van der Waals surface area contributed by atoms with Crippen LogP contribution in [0.25, 0.3) is 11.1 Å². The minimum absolute atomic E-state index is 0.0974. The van der Waals surface area contributed by atoms with Crippen LogP contribution in [0.1, 0.15) is 23.6 Å². The Labute approximate surface area is 108 Å². The van der Waals surface area contributed by atoms with E-state index >= 15 is 0 Å². The van der Waals surface area contributed by atoms with Crippen molar-refractivity contribution in [2.75, 3.05) is 6.61 Å². The first-order chi connectivity index (χ1) is 8.70. The third-order valence-corrected chi connectivity index (χ3v) is 3.11. The van der Waals surface area contributed by atoms with E-state index in [-0.39, 0.29) is 12.6 Å². The minimum atomic E-state index is -0.0974. The topological polar surface area (TPSA) is 46.2 Å². The summed E-state index contributed by atoms with van der Waals surface area (Å²) in [6.45, 7) is 2.21. The van der Waals surface area contributed by atoms with E-state index in [9.17, 15) is 0 Å². The number of hydrogen-bond donors (Lipinski definition) is 2. The first-order valence-electron chi connectivity index (χ1n) is 6.24. The van der Waals surface area contributed by atoms with Crippen molar-refractivity contribution in [1.82, 2.24) is 0 Å². The summed E-state index contributed by atoms with van der Waals surface area (Å²) in [7, 11) is 0. The molecule has 18 heavy (non-hydrogen) atoms. The molecule has 0 saturated heterocycles. The van der Waals surface area contributed by atoms with Crippen molar-refractivity contribution in [2.45, 2.75) is 19.4 Å². The van der Waals surface area contributed by atoms with E-state index in [4.69, 9.17) is 10.8 Å². The number of rotatable bonds is 4. The highest BCUT2D eigenvalue weighted by molar-refractivity contribution is 5.65. The standard InChI is InChI=1S/C16H19NO/c1-12-4-2-5-13(10-12)14-6-3-7-15(11-14)16(17)8-9-18/h2-7,10-11,16,18H,8-9,17H2,1H3. The molecule has 2 rings (SSSR count). The van der Waals surface area contributed by atoms with Gasteiger partial charge in [-0.2, -0.15) is 0 Å². The summed E-state index contributed by atoms with van der Waals surface area (Å²) in [5.74, 6) is 0. The SMILES string of the molecule is Cc1cccc(-c2cccc(C(N)CCO)c2)c1. The monoisotopic (exact) mass is 241 g/mol. The molecule has 2 heteroatoms. The smallest absolute Gasteiger partial charge is 0.0449 e. The summed E-state index contributed by atoms with van der Waals surface area (Å²) < 4.78 is 0. The van der Waals surface area contributed by atoms with Crippen LogP contribution in [-0.4, -0.2) is 11.7 Å². The van der Waals surface area contributed by atoms with Crippen molar-refractivity contribution in [1.29, 1.82) is 0 Å². The molecular formula is C16H19NO. The quantitative estimate of drug-likeness (QED) is 0.864. The maximum absolute atomic E-state index is 8.94. The predicted molar refractivity (Wildman–Crippen MR) is 75.2 cm³/mol. The molecule has 1 unspecified atom stereocenters. The van der Waals surface area contributed by atoms with Gasteiger partial charge in [-0.3, -0.25) is 0 Å². The lowest BCUT2D eigenvalue weighted by Crippen LogP contribution is -2.11. The number of benzene rings is 2. The number of hydrogen-bond acceptors (Lipinski definition) is 2. The van der Waals surface area contributed by atoms with Crippen LogP contribution >= 0.6 is 0 Å². The Balaban J connectivity index is 2.32. The van der Waals surface area contributed by atoms with Crippen LogP contribution in [0.5, 0.6) is 0 Å². The summed E-state index contributed by atoms with van der Waals surface area (Å²) in [4.78, 5) is 0. The molecule has 0 fully saturated rings. The van der Waals surface area contributed by atoms with E-state index < -0.39 is 0 Å². The van der Waals surface area contributed by atoms with Gasteiger partial charge in [0.15, 0.2) is 0 Å². The third kappa shape index (κ3) is 2.97. The van der Waals surface area contributed by atoms with Crippen molar-refractivity contribution in [3.8, 4) is 11.1 Å². The molecule has 2 aromatic rings. The average Bonchev–Trinajstić information content (AvgIpc) is 2.39. The van der Waals surface area contributed by atoms with Crippen LogP contribution in [0.15, 0.2) is 48.5 Å². The molecule has 3 N–H and O–H groups in total. The molecular weight excluding hydrogens is 222 g/mol. The van der Waals surface area contributed by atoms with Crippen molar-refractivity contribution >= 4 is 0 Å². The second kappa shape index (κ2) is 5.80. The number of nitrogens with two attached hydrogens (primary N) is 1. The van der Waals surface area contributed by atoms with Gasteiger partial charge in [0.25, 0.3) is 0 Å². The summed E-state index contributed by atoms with van der Waals surface area (Å²) in [5, 5.41) is 8.94. The fourth-order valence-electron chi connectivity index (χ4n) is 2.08. The highest BCUT2D eigenvalue weighted by atomic mass is 16.3. The number of aliphatic hydroxyl groups is 1. The predicted octanol–water partition coefficient (Wildman–Crippen LogP) is 3.04. The van der Waals surface area contributed by atoms with Gasteiger partial charge in [-0.1, -0.05) is 48.0 Å². The van der Waals surface area contributed by atoms with Crippen LogP contribution < -0.4 is 5.73 Å². The Hall–Kier alpha value is -1.64. The summed E-state index contributed by atoms with van der Waals surface area (Å²) in [6.07, 6.45) is 0.595. The van der Waals surface area contributed by atoms with Gasteiger partial charge in [0.1, 0.15) is 0 Å².